The standard InChI is InChI=1S/C14H9ClN2O2/c1-3-4-19-14-12(15)6-10(7-13(14)18-2)5-11(8-16)9-17/h1,5-7H,4H2,2H3. The summed E-state index contributed by atoms with van der Waals surface area (Å²) in [5.41, 5.74) is 0.531. The van der Waals surface area contributed by atoms with Crippen LogP contribution in [0.15, 0.2) is 17.7 Å². The molecule has 0 heterocycles. The van der Waals surface area contributed by atoms with Gasteiger partial charge < -0.3 is 9.47 Å². The Labute approximate surface area is 116 Å². The van der Waals surface area contributed by atoms with E-state index in [0.29, 0.717) is 17.1 Å². The monoisotopic (exact) mass is 272 g/mol. The zero-order chi connectivity index (χ0) is 14.3. The molecule has 0 aliphatic heterocycles. The highest BCUT2D eigenvalue weighted by Gasteiger charge is 2.11. The number of benzene rings is 1. The van der Waals surface area contributed by atoms with Gasteiger partial charge in [0.15, 0.2) is 11.5 Å². The average Bonchev–Trinajstić information content (AvgIpc) is 2.43. The van der Waals surface area contributed by atoms with Crippen LogP contribution in [-0.2, 0) is 0 Å². The van der Waals surface area contributed by atoms with Gasteiger partial charge >= 0.3 is 0 Å². The van der Waals surface area contributed by atoms with Crippen LogP contribution >= 0.6 is 11.6 Å². The highest BCUT2D eigenvalue weighted by molar-refractivity contribution is 6.32. The maximum absolute atomic E-state index is 8.70. The van der Waals surface area contributed by atoms with Crippen molar-refractivity contribution in [2.45, 2.75) is 0 Å². The van der Waals surface area contributed by atoms with Crippen molar-refractivity contribution in [3.05, 3.63) is 28.3 Å². The normalized spacial score (nSPS) is 8.58. The van der Waals surface area contributed by atoms with Gasteiger partial charge in [0, 0.05) is 0 Å². The van der Waals surface area contributed by atoms with Crippen LogP contribution in [0, 0.1) is 35.0 Å². The van der Waals surface area contributed by atoms with Crippen LogP contribution in [0.4, 0.5) is 0 Å². The van der Waals surface area contributed by atoms with Gasteiger partial charge in [-0.2, -0.15) is 10.5 Å². The molecule has 4 nitrogen and oxygen atoms in total. The van der Waals surface area contributed by atoms with Gasteiger partial charge in [0.1, 0.15) is 24.3 Å². The van der Waals surface area contributed by atoms with E-state index < -0.39 is 0 Å². The molecule has 0 saturated heterocycles. The molecule has 0 saturated carbocycles. The molecule has 5 heteroatoms. The van der Waals surface area contributed by atoms with Gasteiger partial charge in [-0.05, 0) is 23.8 Å². The molecule has 0 spiro atoms. The largest absolute Gasteiger partial charge is 0.493 e. The Morgan fingerprint density at radius 2 is 2.11 bits per heavy atom. The molecule has 0 aliphatic rings. The Kier molecular flexibility index (Phi) is 5.30. The molecular formula is C14H9ClN2O2. The number of methoxy groups -OCH3 is 1. The summed E-state index contributed by atoms with van der Waals surface area (Å²) in [5.74, 6) is 3.03. The summed E-state index contributed by atoms with van der Waals surface area (Å²) in [4.78, 5) is 0. The van der Waals surface area contributed by atoms with Gasteiger partial charge in [0.05, 0.1) is 12.1 Å². The second-order valence-electron chi connectivity index (χ2n) is 3.31. The molecule has 0 atom stereocenters. The molecule has 1 aromatic rings. The molecule has 1 aromatic carbocycles. The third kappa shape index (κ3) is 3.68. The van der Waals surface area contributed by atoms with Gasteiger partial charge in [-0.15, -0.1) is 6.42 Å². The summed E-state index contributed by atoms with van der Waals surface area (Å²) in [6, 6.07) is 6.69. The minimum atomic E-state index is -0.0320. The second-order valence-corrected chi connectivity index (χ2v) is 3.72. The summed E-state index contributed by atoms with van der Waals surface area (Å²) in [6.45, 7) is 0.0624. The Balaban J connectivity index is 3.25. The van der Waals surface area contributed by atoms with Crippen molar-refractivity contribution in [1.82, 2.24) is 0 Å². The lowest BCUT2D eigenvalue weighted by atomic mass is 10.1. The summed E-state index contributed by atoms with van der Waals surface area (Å²) in [5, 5.41) is 17.7. The average molecular weight is 273 g/mol. The maximum Gasteiger partial charge on any atom is 0.181 e. The number of ether oxygens (including phenoxy) is 2. The molecule has 0 unspecified atom stereocenters. The lowest BCUT2D eigenvalue weighted by Crippen LogP contribution is -1.98. The predicted molar refractivity (Wildman–Crippen MR) is 71.5 cm³/mol. The van der Waals surface area contributed by atoms with Crippen molar-refractivity contribution in [3.63, 3.8) is 0 Å². The molecule has 0 radical (unpaired) electrons. The third-order valence-electron chi connectivity index (χ3n) is 2.10. The predicted octanol–water partition coefficient (Wildman–Crippen LogP) is 2.79. The molecule has 19 heavy (non-hydrogen) atoms. The quantitative estimate of drug-likeness (QED) is 0.624. The van der Waals surface area contributed by atoms with Crippen LogP contribution in [0.1, 0.15) is 5.56 Å². The van der Waals surface area contributed by atoms with Crippen molar-refractivity contribution >= 4 is 17.7 Å². The van der Waals surface area contributed by atoms with E-state index in [0.717, 1.165) is 0 Å². The molecule has 0 bridgehead atoms. The Bertz CT molecular complexity index is 615. The Morgan fingerprint density at radius 3 is 2.63 bits per heavy atom. The van der Waals surface area contributed by atoms with E-state index in [9.17, 15) is 0 Å². The zero-order valence-electron chi connectivity index (χ0n) is 10.1. The molecule has 0 aromatic heterocycles. The fourth-order valence-electron chi connectivity index (χ4n) is 1.33. The molecule has 0 fully saturated rings. The summed E-state index contributed by atoms with van der Waals surface area (Å²) in [7, 11) is 1.46. The number of hydrogen-bond acceptors (Lipinski definition) is 4. The van der Waals surface area contributed by atoms with Crippen molar-refractivity contribution in [2.75, 3.05) is 13.7 Å². The SMILES string of the molecule is C#CCOc1c(Cl)cc(C=C(C#N)C#N)cc1OC. The number of rotatable bonds is 4. The third-order valence-corrected chi connectivity index (χ3v) is 2.38. The first-order valence-electron chi connectivity index (χ1n) is 5.12. The molecule has 0 aliphatic carbocycles. The van der Waals surface area contributed by atoms with Crippen molar-refractivity contribution in [2.24, 2.45) is 0 Å². The van der Waals surface area contributed by atoms with E-state index in [4.69, 9.17) is 38.0 Å². The first-order chi connectivity index (χ1) is 9.15. The fourth-order valence-corrected chi connectivity index (χ4v) is 1.61. The van der Waals surface area contributed by atoms with Crippen LogP contribution in [0.3, 0.4) is 0 Å². The zero-order valence-corrected chi connectivity index (χ0v) is 10.9. The van der Waals surface area contributed by atoms with E-state index >= 15 is 0 Å². The molecule has 0 amide bonds. The number of allylic oxidation sites excluding steroid dienone is 1. The van der Waals surface area contributed by atoms with Crippen molar-refractivity contribution in [3.8, 4) is 36.0 Å². The molecule has 94 valence electrons. The van der Waals surface area contributed by atoms with Crippen molar-refractivity contribution < 1.29 is 9.47 Å². The van der Waals surface area contributed by atoms with Crippen LogP contribution in [0.25, 0.3) is 6.08 Å². The second kappa shape index (κ2) is 6.97. The van der Waals surface area contributed by atoms with Crippen LogP contribution in [0.5, 0.6) is 11.5 Å². The van der Waals surface area contributed by atoms with Crippen LogP contribution < -0.4 is 9.47 Å². The molecule has 0 N–H and O–H groups in total. The van der Waals surface area contributed by atoms with Gasteiger partial charge in [0.2, 0.25) is 0 Å². The number of hydrogen-bond donors (Lipinski definition) is 0. The highest BCUT2D eigenvalue weighted by atomic mass is 35.5. The molecule has 1 rings (SSSR count). The van der Waals surface area contributed by atoms with Gasteiger partial charge in [-0.25, -0.2) is 0 Å². The number of halogens is 1. The minimum Gasteiger partial charge on any atom is -0.493 e. The minimum absolute atomic E-state index is 0.0320. The summed E-state index contributed by atoms with van der Waals surface area (Å²) < 4.78 is 10.4. The van der Waals surface area contributed by atoms with Gasteiger partial charge in [-0.1, -0.05) is 17.5 Å². The summed E-state index contributed by atoms with van der Waals surface area (Å²) >= 11 is 6.05. The van der Waals surface area contributed by atoms with E-state index in [1.807, 2.05) is 0 Å². The fraction of sp³-hybridized carbons (Fsp3) is 0.143. The number of nitriles is 2. The maximum atomic E-state index is 8.70. The van der Waals surface area contributed by atoms with Crippen LogP contribution in [-0.4, -0.2) is 13.7 Å². The van der Waals surface area contributed by atoms with E-state index in [-0.39, 0.29) is 17.2 Å². The summed E-state index contributed by atoms with van der Waals surface area (Å²) in [6.07, 6.45) is 6.51. The van der Waals surface area contributed by atoms with Crippen LogP contribution in [0.2, 0.25) is 5.02 Å². The topological polar surface area (TPSA) is 66.0 Å². The lowest BCUT2D eigenvalue weighted by Gasteiger charge is -2.11. The lowest BCUT2D eigenvalue weighted by molar-refractivity contribution is 0.331. The number of terminal acetylenes is 1. The van der Waals surface area contributed by atoms with E-state index in [1.165, 1.54) is 13.2 Å². The Hall–Kier alpha value is -2.61. The Morgan fingerprint density at radius 1 is 1.42 bits per heavy atom. The van der Waals surface area contributed by atoms with E-state index in [1.54, 1.807) is 24.3 Å². The van der Waals surface area contributed by atoms with E-state index in [2.05, 4.69) is 5.92 Å². The number of nitrogens with zero attached hydrogens (tertiary/aromatic N) is 2. The first-order valence-corrected chi connectivity index (χ1v) is 5.49. The highest BCUT2D eigenvalue weighted by Crippen LogP contribution is 2.36. The first kappa shape index (κ1) is 14.5. The molecular weight excluding hydrogens is 264 g/mol. The van der Waals surface area contributed by atoms with Crippen molar-refractivity contribution in [1.29, 1.82) is 10.5 Å². The van der Waals surface area contributed by atoms with Gasteiger partial charge in [-0.3, -0.25) is 0 Å². The smallest absolute Gasteiger partial charge is 0.181 e. The van der Waals surface area contributed by atoms with Gasteiger partial charge in [0.25, 0.3) is 0 Å².